The summed E-state index contributed by atoms with van der Waals surface area (Å²) in [5, 5.41) is 16.1. The number of carboxylic acids is 1. The molecule has 208 valence electrons. The molecule has 3 aromatic rings. The molecule has 2 aromatic carbocycles. The highest BCUT2D eigenvalue weighted by molar-refractivity contribution is 5.85. The van der Waals surface area contributed by atoms with E-state index in [2.05, 4.69) is 10.4 Å². The topological polar surface area (TPSA) is 103 Å². The molecule has 8 nitrogen and oxygen atoms in total. The molecule has 4 rings (SSSR count). The molecule has 0 saturated heterocycles. The van der Waals surface area contributed by atoms with E-state index in [4.69, 9.17) is 9.47 Å². The molecule has 12 heteroatoms. The molecule has 0 radical (unpaired) electrons. The maximum atomic E-state index is 14.1. The molecule has 1 aliphatic rings. The highest BCUT2D eigenvalue weighted by atomic mass is 19.4. The van der Waals surface area contributed by atoms with Crippen LogP contribution in [0.3, 0.4) is 0 Å². The molecule has 1 heterocycles. The second-order valence-electron chi connectivity index (χ2n) is 9.22. The lowest BCUT2D eigenvalue weighted by molar-refractivity contribution is -0.137. The van der Waals surface area contributed by atoms with Crippen molar-refractivity contribution in [2.24, 2.45) is 0 Å². The molecule has 1 fully saturated rings. The minimum atomic E-state index is -4.68. The predicted molar refractivity (Wildman–Crippen MR) is 130 cm³/mol. The van der Waals surface area contributed by atoms with Crippen molar-refractivity contribution >= 4 is 11.9 Å². The average molecular weight is 550 g/mol. The molecule has 1 aromatic heterocycles. The first-order valence-electron chi connectivity index (χ1n) is 12.3. The number of carboxylic acid groups (broad SMARTS) is 1. The van der Waals surface area contributed by atoms with Crippen molar-refractivity contribution in [2.75, 3.05) is 0 Å². The Morgan fingerprint density at radius 3 is 2.51 bits per heavy atom. The minimum Gasteiger partial charge on any atom is -0.476 e. The van der Waals surface area contributed by atoms with Gasteiger partial charge in [0.25, 0.3) is 0 Å². The lowest BCUT2D eigenvalue weighted by atomic mass is 9.92. The van der Waals surface area contributed by atoms with Gasteiger partial charge in [-0.3, -0.25) is 4.79 Å². The summed E-state index contributed by atoms with van der Waals surface area (Å²) in [6, 6.07) is 12.3. The van der Waals surface area contributed by atoms with Gasteiger partial charge in [-0.05, 0) is 36.6 Å². The molecular formula is C27H27F4N3O5. The quantitative estimate of drug-likeness (QED) is 0.347. The van der Waals surface area contributed by atoms with E-state index in [1.165, 1.54) is 0 Å². The first-order chi connectivity index (χ1) is 18.6. The molecular weight excluding hydrogens is 522 g/mol. The number of carbonyl (C=O) groups is 2. The van der Waals surface area contributed by atoms with E-state index in [1.54, 1.807) is 0 Å². The number of alkyl halides is 3. The lowest BCUT2D eigenvalue weighted by Crippen LogP contribution is -2.47. The fraction of sp³-hybridized carbons (Fsp3) is 0.370. The maximum Gasteiger partial charge on any atom is 0.416 e. The van der Waals surface area contributed by atoms with Gasteiger partial charge in [0.05, 0.1) is 24.3 Å². The number of carbonyl (C=O) groups excluding carboxylic acids is 1. The first kappa shape index (κ1) is 28.1. The molecule has 2 N–H and O–H groups in total. The zero-order chi connectivity index (χ0) is 28.0. The second kappa shape index (κ2) is 12.3. The van der Waals surface area contributed by atoms with Crippen LogP contribution < -0.4 is 10.1 Å². The van der Waals surface area contributed by atoms with Gasteiger partial charge >= 0.3 is 12.1 Å². The van der Waals surface area contributed by atoms with Crippen molar-refractivity contribution < 1.29 is 41.7 Å². The summed E-state index contributed by atoms with van der Waals surface area (Å²) in [6.45, 7) is -0.668. The first-order valence-corrected chi connectivity index (χ1v) is 12.3. The monoisotopic (exact) mass is 549 g/mol. The Kier molecular flexibility index (Phi) is 8.85. The Hall–Kier alpha value is -3.93. The number of benzene rings is 2. The number of hydrogen-bond donors (Lipinski definition) is 2. The number of rotatable bonds is 10. The normalized spacial score (nSPS) is 17.5. The summed E-state index contributed by atoms with van der Waals surface area (Å²) in [5.41, 5.74) is -0.883. The van der Waals surface area contributed by atoms with Gasteiger partial charge in [-0.25, -0.2) is 13.9 Å². The van der Waals surface area contributed by atoms with Crippen LogP contribution in [0, 0.1) is 5.82 Å². The van der Waals surface area contributed by atoms with Crippen molar-refractivity contribution in [3.8, 4) is 5.88 Å². The summed E-state index contributed by atoms with van der Waals surface area (Å²) in [7, 11) is 0. The summed E-state index contributed by atoms with van der Waals surface area (Å²) in [5.74, 6) is -3.01. The number of ether oxygens (including phenoxy) is 2. The second-order valence-corrected chi connectivity index (χ2v) is 9.22. The van der Waals surface area contributed by atoms with Crippen LogP contribution in [0.5, 0.6) is 5.88 Å². The van der Waals surface area contributed by atoms with Gasteiger partial charge in [-0.1, -0.05) is 43.2 Å². The Morgan fingerprint density at radius 2 is 1.79 bits per heavy atom. The van der Waals surface area contributed by atoms with Crippen molar-refractivity contribution in [2.45, 2.75) is 63.8 Å². The van der Waals surface area contributed by atoms with E-state index in [9.17, 15) is 32.3 Å². The van der Waals surface area contributed by atoms with Crippen LogP contribution in [0.4, 0.5) is 17.6 Å². The summed E-state index contributed by atoms with van der Waals surface area (Å²) in [4.78, 5) is 24.4. The fourth-order valence-corrected chi connectivity index (χ4v) is 4.37. The number of aromatic carboxylic acids is 1. The van der Waals surface area contributed by atoms with Crippen molar-refractivity contribution in [3.05, 3.63) is 82.8 Å². The molecule has 0 aliphatic heterocycles. The van der Waals surface area contributed by atoms with Crippen LogP contribution in [0.1, 0.15) is 52.9 Å². The third kappa shape index (κ3) is 7.56. The van der Waals surface area contributed by atoms with Gasteiger partial charge in [0.1, 0.15) is 19.0 Å². The molecule has 39 heavy (non-hydrogen) atoms. The Morgan fingerprint density at radius 1 is 1.05 bits per heavy atom. The van der Waals surface area contributed by atoms with Crippen LogP contribution in [0.15, 0.2) is 54.6 Å². The number of amides is 1. The predicted octanol–water partition coefficient (Wildman–Crippen LogP) is 4.96. The highest BCUT2D eigenvalue weighted by Gasteiger charge is 2.31. The summed E-state index contributed by atoms with van der Waals surface area (Å²) >= 11 is 0. The van der Waals surface area contributed by atoms with E-state index in [1.807, 2.05) is 30.3 Å². The number of hydrogen-bond acceptors (Lipinski definition) is 5. The van der Waals surface area contributed by atoms with Gasteiger partial charge in [0, 0.05) is 11.6 Å². The maximum absolute atomic E-state index is 14.1. The third-order valence-corrected chi connectivity index (χ3v) is 6.36. The highest BCUT2D eigenvalue weighted by Crippen LogP contribution is 2.31. The summed E-state index contributed by atoms with van der Waals surface area (Å²) < 4.78 is 65.7. The van der Waals surface area contributed by atoms with E-state index >= 15 is 0 Å². The van der Waals surface area contributed by atoms with Gasteiger partial charge in [0.2, 0.25) is 11.8 Å². The van der Waals surface area contributed by atoms with Crippen LogP contribution in [0.2, 0.25) is 0 Å². The van der Waals surface area contributed by atoms with Gasteiger partial charge < -0.3 is 19.9 Å². The number of nitrogens with zero attached hydrogens (tertiary/aromatic N) is 2. The Balaban J connectivity index is 1.42. The van der Waals surface area contributed by atoms with Gasteiger partial charge in [-0.15, -0.1) is 0 Å². The number of halogens is 4. The van der Waals surface area contributed by atoms with E-state index < -0.39 is 48.3 Å². The van der Waals surface area contributed by atoms with Crippen LogP contribution in [-0.2, 0) is 35.5 Å². The van der Waals surface area contributed by atoms with Gasteiger partial charge in [-0.2, -0.15) is 18.3 Å². The molecule has 2 unspecified atom stereocenters. The lowest BCUT2D eigenvalue weighted by Gasteiger charge is -2.32. The molecule has 1 saturated carbocycles. The third-order valence-electron chi connectivity index (χ3n) is 6.36. The van der Waals surface area contributed by atoms with E-state index in [0.717, 1.165) is 35.6 Å². The average Bonchev–Trinajstić information content (AvgIpc) is 3.30. The van der Waals surface area contributed by atoms with Crippen LogP contribution in [0.25, 0.3) is 0 Å². The number of nitrogens with one attached hydrogen (secondary N) is 1. The van der Waals surface area contributed by atoms with Crippen LogP contribution in [-0.4, -0.2) is 38.9 Å². The van der Waals surface area contributed by atoms with E-state index in [0.29, 0.717) is 31.2 Å². The standard InChI is InChI=1S/C27H27F4N3O5/c28-20-11-10-19(27(29,30)31)12-18(20)16-39-25-13-22(26(36)37)33-34(25)14-24(35)32-21-8-4-5-9-23(21)38-15-17-6-2-1-3-7-17/h1-3,6-7,10-13,21,23H,4-5,8-9,14-16H2,(H,32,35)(H,36,37). The molecule has 1 amide bonds. The fourth-order valence-electron chi connectivity index (χ4n) is 4.37. The molecule has 2 atom stereocenters. The SMILES string of the molecule is O=C(Cn1nc(C(=O)O)cc1OCc1cc(C(F)(F)F)ccc1F)NC1CCCCC1OCc1ccccc1. The van der Waals surface area contributed by atoms with Crippen molar-refractivity contribution in [1.29, 1.82) is 0 Å². The molecule has 0 spiro atoms. The van der Waals surface area contributed by atoms with Crippen LogP contribution >= 0.6 is 0 Å². The Bertz CT molecular complexity index is 1300. The largest absolute Gasteiger partial charge is 0.476 e. The zero-order valence-electron chi connectivity index (χ0n) is 20.8. The minimum absolute atomic E-state index is 0.208. The molecule has 0 bridgehead atoms. The Labute approximate surface area is 221 Å². The van der Waals surface area contributed by atoms with Gasteiger partial charge in [0.15, 0.2) is 5.69 Å². The smallest absolute Gasteiger partial charge is 0.416 e. The molecule has 1 aliphatic carbocycles. The van der Waals surface area contributed by atoms with E-state index in [-0.39, 0.29) is 23.6 Å². The van der Waals surface area contributed by atoms with Crippen molar-refractivity contribution in [1.82, 2.24) is 15.1 Å². The summed E-state index contributed by atoms with van der Waals surface area (Å²) in [6.07, 6.45) is -1.58. The zero-order valence-corrected chi connectivity index (χ0v) is 20.8. The number of aromatic nitrogens is 2. The van der Waals surface area contributed by atoms with Crippen molar-refractivity contribution in [3.63, 3.8) is 0 Å².